The number of hydrogen-bond donors (Lipinski definition) is 1. The van der Waals surface area contributed by atoms with Crippen LogP contribution < -0.4 is 5.14 Å². The van der Waals surface area contributed by atoms with Gasteiger partial charge in [0.15, 0.2) is 0 Å². The molecule has 0 bridgehead atoms. The summed E-state index contributed by atoms with van der Waals surface area (Å²) in [5, 5.41) is 5.27. The summed E-state index contributed by atoms with van der Waals surface area (Å²) in [6, 6.07) is 3.16. The Hall–Kier alpha value is -1.40. The van der Waals surface area contributed by atoms with Gasteiger partial charge in [-0.15, -0.1) is 0 Å². The van der Waals surface area contributed by atoms with Gasteiger partial charge in [0.2, 0.25) is 10.0 Å². The summed E-state index contributed by atoms with van der Waals surface area (Å²) in [4.78, 5) is 14.6. The molecule has 1 fully saturated rings. The number of primary sulfonamides is 1. The summed E-state index contributed by atoms with van der Waals surface area (Å²) in [6.07, 6.45) is 1.99. The second-order valence-electron chi connectivity index (χ2n) is 6.83. The molecular weight excluding hydrogens is 312 g/mol. The van der Waals surface area contributed by atoms with Gasteiger partial charge in [-0.1, -0.05) is 13.8 Å². The Bertz CT molecular complexity index is 703. The van der Waals surface area contributed by atoms with Crippen molar-refractivity contribution in [1.29, 1.82) is 0 Å². The Morgan fingerprint density at radius 1 is 1.22 bits per heavy atom. The summed E-state index contributed by atoms with van der Waals surface area (Å²) in [6.45, 7) is 9.37. The van der Waals surface area contributed by atoms with Crippen molar-refractivity contribution >= 4 is 15.9 Å². The summed E-state index contributed by atoms with van der Waals surface area (Å²) in [5.41, 5.74) is 1.76. The molecule has 0 radical (unpaired) electrons. The van der Waals surface area contributed by atoms with Gasteiger partial charge >= 0.3 is 0 Å². The van der Waals surface area contributed by atoms with Crippen LogP contribution in [0.3, 0.4) is 0 Å². The molecule has 0 spiro atoms. The van der Waals surface area contributed by atoms with Crippen LogP contribution in [0.25, 0.3) is 0 Å². The predicted molar refractivity (Wildman–Crippen MR) is 90.8 cm³/mol. The van der Waals surface area contributed by atoms with Gasteiger partial charge in [0.25, 0.3) is 5.91 Å². The van der Waals surface area contributed by atoms with E-state index in [4.69, 9.17) is 5.14 Å². The lowest BCUT2D eigenvalue weighted by atomic mass is 9.86. The number of benzene rings is 1. The van der Waals surface area contributed by atoms with E-state index in [1.54, 1.807) is 19.9 Å². The Morgan fingerprint density at radius 3 is 2.26 bits per heavy atom. The van der Waals surface area contributed by atoms with Gasteiger partial charge in [-0.25, -0.2) is 13.6 Å². The molecule has 23 heavy (non-hydrogen) atoms. The zero-order valence-electron chi connectivity index (χ0n) is 14.3. The van der Waals surface area contributed by atoms with Crippen LogP contribution in [0.15, 0.2) is 17.0 Å². The molecule has 1 aliphatic rings. The molecule has 6 heteroatoms. The van der Waals surface area contributed by atoms with Gasteiger partial charge in [0, 0.05) is 18.7 Å². The zero-order chi connectivity index (χ0) is 17.4. The van der Waals surface area contributed by atoms with Gasteiger partial charge in [0.1, 0.15) is 0 Å². The lowest BCUT2D eigenvalue weighted by molar-refractivity contribution is 0.0667. The standard InChI is InChI=1S/C17H26N2O3S/c1-11(2)14-5-7-19(8-6-14)17(20)15-9-12(3)13(4)16(10-15)23(18,21)22/h9-11,14H,5-8H2,1-4H3,(H2,18,21,22). The second-order valence-corrected chi connectivity index (χ2v) is 8.36. The van der Waals surface area contributed by atoms with Crippen molar-refractivity contribution in [3.63, 3.8) is 0 Å². The molecule has 0 aliphatic carbocycles. The Labute approximate surface area is 138 Å². The van der Waals surface area contributed by atoms with Crippen molar-refractivity contribution in [2.24, 2.45) is 17.0 Å². The maximum absolute atomic E-state index is 12.7. The first kappa shape index (κ1) is 17.9. The first-order chi connectivity index (χ1) is 10.6. The first-order valence-electron chi connectivity index (χ1n) is 8.04. The third-order valence-corrected chi connectivity index (χ3v) is 5.98. The highest BCUT2D eigenvalue weighted by Gasteiger charge is 2.26. The Balaban J connectivity index is 2.26. The lowest BCUT2D eigenvalue weighted by Gasteiger charge is -2.34. The maximum atomic E-state index is 12.7. The fourth-order valence-electron chi connectivity index (χ4n) is 3.20. The number of carbonyl (C=O) groups excluding carboxylic acids is 1. The number of nitrogens with two attached hydrogens (primary N) is 1. The monoisotopic (exact) mass is 338 g/mol. The minimum atomic E-state index is -3.83. The number of carbonyl (C=O) groups is 1. The van der Waals surface area contributed by atoms with E-state index in [0.717, 1.165) is 31.5 Å². The van der Waals surface area contributed by atoms with Crippen molar-refractivity contribution < 1.29 is 13.2 Å². The summed E-state index contributed by atoms with van der Waals surface area (Å²) < 4.78 is 23.5. The fourth-order valence-corrected chi connectivity index (χ4v) is 4.08. The Morgan fingerprint density at radius 2 is 1.78 bits per heavy atom. The molecule has 0 unspecified atom stereocenters. The largest absolute Gasteiger partial charge is 0.339 e. The van der Waals surface area contributed by atoms with E-state index in [-0.39, 0.29) is 10.8 Å². The van der Waals surface area contributed by atoms with Crippen molar-refractivity contribution in [1.82, 2.24) is 4.90 Å². The summed E-state index contributed by atoms with van der Waals surface area (Å²) >= 11 is 0. The van der Waals surface area contributed by atoms with E-state index < -0.39 is 10.0 Å². The third-order valence-electron chi connectivity index (χ3n) is 4.94. The quantitative estimate of drug-likeness (QED) is 0.919. The van der Waals surface area contributed by atoms with Crippen LogP contribution in [0.1, 0.15) is 48.2 Å². The Kier molecular flexibility index (Phi) is 5.16. The summed E-state index contributed by atoms with van der Waals surface area (Å²) in [5.74, 6) is 1.17. The van der Waals surface area contributed by atoms with Crippen molar-refractivity contribution in [2.45, 2.75) is 45.4 Å². The highest BCUT2D eigenvalue weighted by Crippen LogP contribution is 2.26. The molecule has 1 heterocycles. The average Bonchev–Trinajstić information content (AvgIpc) is 2.48. The molecule has 1 saturated heterocycles. The molecule has 1 amide bonds. The summed E-state index contributed by atoms with van der Waals surface area (Å²) in [7, 11) is -3.83. The average molecular weight is 338 g/mol. The van der Waals surface area contributed by atoms with E-state index in [1.165, 1.54) is 6.07 Å². The van der Waals surface area contributed by atoms with Crippen LogP contribution in [-0.2, 0) is 10.0 Å². The predicted octanol–water partition coefficient (Wildman–Crippen LogP) is 2.46. The van der Waals surface area contributed by atoms with E-state index in [1.807, 2.05) is 4.90 Å². The molecule has 0 atom stereocenters. The van der Waals surface area contributed by atoms with Crippen LogP contribution in [0, 0.1) is 25.7 Å². The lowest BCUT2D eigenvalue weighted by Crippen LogP contribution is -2.39. The number of sulfonamides is 1. The number of amides is 1. The smallest absolute Gasteiger partial charge is 0.253 e. The molecule has 1 aromatic rings. The molecule has 2 rings (SSSR count). The van der Waals surface area contributed by atoms with Crippen molar-refractivity contribution in [3.05, 3.63) is 28.8 Å². The molecule has 128 valence electrons. The number of likely N-dealkylation sites (tertiary alicyclic amines) is 1. The van der Waals surface area contributed by atoms with Crippen LogP contribution in [0.4, 0.5) is 0 Å². The van der Waals surface area contributed by atoms with Crippen molar-refractivity contribution in [2.75, 3.05) is 13.1 Å². The molecule has 2 N–H and O–H groups in total. The molecular formula is C17H26N2O3S. The van der Waals surface area contributed by atoms with Crippen LogP contribution >= 0.6 is 0 Å². The molecule has 5 nitrogen and oxygen atoms in total. The molecule has 0 saturated carbocycles. The fraction of sp³-hybridized carbons (Fsp3) is 0.588. The number of piperidine rings is 1. The number of aryl methyl sites for hydroxylation is 1. The minimum absolute atomic E-state index is 0.0397. The van der Waals surface area contributed by atoms with E-state index in [2.05, 4.69) is 13.8 Å². The van der Waals surface area contributed by atoms with E-state index in [9.17, 15) is 13.2 Å². The molecule has 1 aromatic carbocycles. The van der Waals surface area contributed by atoms with Gasteiger partial charge < -0.3 is 4.90 Å². The van der Waals surface area contributed by atoms with E-state index >= 15 is 0 Å². The van der Waals surface area contributed by atoms with Gasteiger partial charge in [-0.2, -0.15) is 0 Å². The van der Waals surface area contributed by atoms with Crippen LogP contribution in [0.5, 0.6) is 0 Å². The minimum Gasteiger partial charge on any atom is -0.339 e. The van der Waals surface area contributed by atoms with Gasteiger partial charge in [-0.05, 0) is 61.8 Å². The normalized spacial score (nSPS) is 16.9. The first-order valence-corrected chi connectivity index (χ1v) is 9.59. The topological polar surface area (TPSA) is 80.5 Å². The van der Waals surface area contributed by atoms with Gasteiger partial charge in [-0.3, -0.25) is 4.79 Å². The molecule has 0 aromatic heterocycles. The maximum Gasteiger partial charge on any atom is 0.253 e. The number of hydrogen-bond acceptors (Lipinski definition) is 3. The highest BCUT2D eigenvalue weighted by atomic mass is 32.2. The third kappa shape index (κ3) is 3.93. The number of rotatable bonds is 3. The van der Waals surface area contributed by atoms with Crippen LogP contribution in [-0.4, -0.2) is 32.3 Å². The van der Waals surface area contributed by atoms with E-state index in [0.29, 0.717) is 23.0 Å². The molecule has 1 aliphatic heterocycles. The second kappa shape index (κ2) is 6.61. The van der Waals surface area contributed by atoms with Gasteiger partial charge in [0.05, 0.1) is 4.90 Å². The highest BCUT2D eigenvalue weighted by molar-refractivity contribution is 7.89. The van der Waals surface area contributed by atoms with Crippen LogP contribution in [0.2, 0.25) is 0 Å². The zero-order valence-corrected chi connectivity index (χ0v) is 15.1. The van der Waals surface area contributed by atoms with Crippen molar-refractivity contribution in [3.8, 4) is 0 Å². The SMILES string of the molecule is Cc1cc(C(=O)N2CCC(C(C)C)CC2)cc(S(N)(=O)=O)c1C. The number of nitrogens with zero attached hydrogens (tertiary/aromatic N) is 1.